The van der Waals surface area contributed by atoms with Crippen LogP contribution in [0.1, 0.15) is 44.7 Å². The predicted octanol–water partition coefficient (Wildman–Crippen LogP) is 6.24. The normalized spacial score (nSPS) is 12.4. The Balaban J connectivity index is 2.42. The van der Waals surface area contributed by atoms with Crippen LogP contribution in [-0.2, 0) is 6.54 Å². The second-order valence-electron chi connectivity index (χ2n) is 7.10. The molecule has 2 aromatic carbocycles. The van der Waals surface area contributed by atoms with Gasteiger partial charge < -0.3 is 16.4 Å². The standard InChI is InChI=1S/C24H29ClF2N4/c1-5-11-29-23-19(12-18(26)13-21(23)27)16(4)31-24(15(3)22(28)6-2)30-14-17-9-7-8-10-20(17)25/h7-10,12-13,29H,4-6,11,14,28H2,1-3H3,(H,30,31)/b22-15-. The van der Waals surface area contributed by atoms with Crippen LogP contribution in [0.25, 0.3) is 5.70 Å². The van der Waals surface area contributed by atoms with Crippen LogP contribution in [0, 0.1) is 11.6 Å². The SMILES string of the molecule is C=C(NC(=NCc1ccccc1Cl)/C(C)=C(\N)CC)c1cc(F)cc(F)c1NCCC. The fraction of sp³-hybridized carbons (Fsp3) is 0.292. The van der Waals surface area contributed by atoms with Crippen molar-refractivity contribution in [2.45, 2.75) is 40.2 Å². The number of anilines is 1. The van der Waals surface area contributed by atoms with E-state index in [-0.39, 0.29) is 5.69 Å². The molecule has 0 bridgehead atoms. The van der Waals surface area contributed by atoms with E-state index >= 15 is 0 Å². The van der Waals surface area contributed by atoms with Crippen molar-refractivity contribution < 1.29 is 8.78 Å². The Morgan fingerprint density at radius 1 is 1.19 bits per heavy atom. The molecule has 2 aromatic rings. The molecule has 0 aliphatic heterocycles. The Bertz CT molecular complexity index is 999. The Labute approximate surface area is 187 Å². The lowest BCUT2D eigenvalue weighted by Crippen LogP contribution is -2.26. The van der Waals surface area contributed by atoms with E-state index in [0.717, 1.165) is 23.6 Å². The lowest BCUT2D eigenvalue weighted by atomic mass is 10.1. The van der Waals surface area contributed by atoms with Crippen molar-refractivity contribution in [3.8, 4) is 0 Å². The summed E-state index contributed by atoms with van der Waals surface area (Å²) in [4.78, 5) is 4.64. The van der Waals surface area contributed by atoms with Crippen molar-refractivity contribution in [2.75, 3.05) is 11.9 Å². The number of hydrogen-bond donors (Lipinski definition) is 3. The fourth-order valence-electron chi connectivity index (χ4n) is 2.91. The highest BCUT2D eigenvalue weighted by molar-refractivity contribution is 6.31. The van der Waals surface area contributed by atoms with Crippen LogP contribution in [0.15, 0.2) is 59.2 Å². The predicted molar refractivity (Wildman–Crippen MR) is 127 cm³/mol. The second-order valence-corrected chi connectivity index (χ2v) is 7.51. The monoisotopic (exact) mass is 446 g/mol. The van der Waals surface area contributed by atoms with Crippen molar-refractivity contribution in [1.82, 2.24) is 5.32 Å². The summed E-state index contributed by atoms with van der Waals surface area (Å²) < 4.78 is 28.4. The lowest BCUT2D eigenvalue weighted by molar-refractivity contribution is 0.584. The molecule has 0 amide bonds. The molecule has 0 heterocycles. The van der Waals surface area contributed by atoms with E-state index in [2.05, 4.69) is 22.2 Å². The third-order valence-electron chi connectivity index (χ3n) is 4.78. The van der Waals surface area contributed by atoms with Gasteiger partial charge >= 0.3 is 0 Å². The molecule has 7 heteroatoms. The van der Waals surface area contributed by atoms with Gasteiger partial charge in [0.05, 0.1) is 12.2 Å². The Kier molecular flexibility index (Phi) is 9.06. The number of benzene rings is 2. The van der Waals surface area contributed by atoms with E-state index in [1.807, 2.05) is 39.0 Å². The maximum absolute atomic E-state index is 14.4. The maximum atomic E-state index is 14.4. The zero-order valence-electron chi connectivity index (χ0n) is 18.2. The molecule has 0 unspecified atom stereocenters. The molecule has 4 N–H and O–H groups in total. The van der Waals surface area contributed by atoms with E-state index in [9.17, 15) is 8.78 Å². The number of aliphatic imine (C=N–C) groups is 1. The highest BCUT2D eigenvalue weighted by Crippen LogP contribution is 2.27. The number of nitrogens with two attached hydrogens (primary N) is 1. The van der Waals surface area contributed by atoms with E-state index in [1.54, 1.807) is 6.07 Å². The molecule has 4 nitrogen and oxygen atoms in total. The summed E-state index contributed by atoms with van der Waals surface area (Å²) in [5, 5.41) is 6.72. The molecular weight excluding hydrogens is 418 g/mol. The Hall–Kier alpha value is -2.86. The molecule has 0 aliphatic carbocycles. The minimum atomic E-state index is -0.688. The van der Waals surface area contributed by atoms with Gasteiger partial charge in [0.15, 0.2) is 0 Å². The number of amidine groups is 1. The number of hydrogen-bond acceptors (Lipinski definition) is 3. The fourth-order valence-corrected chi connectivity index (χ4v) is 3.11. The van der Waals surface area contributed by atoms with Gasteiger partial charge in [-0.05, 0) is 37.5 Å². The van der Waals surface area contributed by atoms with Gasteiger partial charge in [0, 0.05) is 40.2 Å². The van der Waals surface area contributed by atoms with Crippen LogP contribution in [0.3, 0.4) is 0 Å². The van der Waals surface area contributed by atoms with E-state index < -0.39 is 11.6 Å². The molecule has 2 rings (SSSR count). The Morgan fingerprint density at radius 3 is 2.55 bits per heavy atom. The third-order valence-corrected chi connectivity index (χ3v) is 5.15. The van der Waals surface area contributed by atoms with Gasteiger partial charge in [0.25, 0.3) is 0 Å². The van der Waals surface area contributed by atoms with E-state index in [4.69, 9.17) is 17.3 Å². The molecule has 0 aliphatic rings. The Morgan fingerprint density at radius 2 is 1.90 bits per heavy atom. The molecule has 166 valence electrons. The number of halogens is 3. The van der Waals surface area contributed by atoms with Crippen LogP contribution in [0.4, 0.5) is 14.5 Å². The smallest absolute Gasteiger partial charge is 0.149 e. The quantitative estimate of drug-likeness (QED) is 0.315. The first kappa shape index (κ1) is 24.4. The first-order chi connectivity index (χ1) is 14.8. The van der Waals surface area contributed by atoms with Gasteiger partial charge in [-0.15, -0.1) is 0 Å². The van der Waals surface area contributed by atoms with Gasteiger partial charge in [-0.2, -0.15) is 0 Å². The van der Waals surface area contributed by atoms with Crippen LogP contribution in [0.5, 0.6) is 0 Å². The summed E-state index contributed by atoms with van der Waals surface area (Å²) in [7, 11) is 0. The van der Waals surface area contributed by atoms with Crippen molar-refractivity contribution in [2.24, 2.45) is 10.7 Å². The average molecular weight is 447 g/mol. The molecule has 0 saturated carbocycles. The average Bonchev–Trinajstić information content (AvgIpc) is 2.75. The van der Waals surface area contributed by atoms with Gasteiger partial charge in [0.1, 0.15) is 17.5 Å². The molecule has 0 radical (unpaired) electrons. The highest BCUT2D eigenvalue weighted by Gasteiger charge is 2.16. The summed E-state index contributed by atoms with van der Waals surface area (Å²) in [5.74, 6) is -0.899. The zero-order valence-corrected chi connectivity index (χ0v) is 18.9. The first-order valence-electron chi connectivity index (χ1n) is 10.2. The van der Waals surface area contributed by atoms with Gasteiger partial charge in [-0.25, -0.2) is 8.78 Å². The van der Waals surface area contributed by atoms with Crippen LogP contribution in [-0.4, -0.2) is 12.4 Å². The van der Waals surface area contributed by atoms with Crippen molar-refractivity contribution in [3.63, 3.8) is 0 Å². The molecule has 0 saturated heterocycles. The molecule has 0 atom stereocenters. The van der Waals surface area contributed by atoms with E-state index in [1.165, 1.54) is 6.07 Å². The zero-order chi connectivity index (χ0) is 23.0. The van der Waals surface area contributed by atoms with Crippen LogP contribution in [0.2, 0.25) is 5.02 Å². The number of allylic oxidation sites excluding steroid dienone is 1. The minimum absolute atomic E-state index is 0.191. The van der Waals surface area contributed by atoms with Crippen molar-refractivity contribution in [3.05, 3.63) is 82.0 Å². The van der Waals surface area contributed by atoms with Crippen molar-refractivity contribution in [1.29, 1.82) is 0 Å². The summed E-state index contributed by atoms with van der Waals surface area (Å²) >= 11 is 6.25. The van der Waals surface area contributed by atoms with Crippen molar-refractivity contribution >= 4 is 28.8 Å². The van der Waals surface area contributed by atoms with Crippen LogP contribution < -0.4 is 16.4 Å². The molecular formula is C24H29ClF2N4. The summed E-state index contributed by atoms with van der Waals surface area (Å²) in [6.45, 7) is 10.6. The number of nitrogens with zero attached hydrogens (tertiary/aromatic N) is 1. The largest absolute Gasteiger partial charge is 0.402 e. The molecule has 0 aromatic heterocycles. The topological polar surface area (TPSA) is 62.4 Å². The minimum Gasteiger partial charge on any atom is -0.402 e. The first-order valence-corrected chi connectivity index (χ1v) is 10.6. The van der Waals surface area contributed by atoms with Gasteiger partial charge in [-0.3, -0.25) is 4.99 Å². The molecule has 0 fully saturated rings. The molecule has 0 spiro atoms. The highest BCUT2D eigenvalue weighted by atomic mass is 35.5. The molecule has 31 heavy (non-hydrogen) atoms. The maximum Gasteiger partial charge on any atom is 0.149 e. The summed E-state index contributed by atoms with van der Waals surface area (Å²) in [6.07, 6.45) is 1.42. The number of rotatable bonds is 9. The van der Waals surface area contributed by atoms with Gasteiger partial charge in [0.2, 0.25) is 0 Å². The van der Waals surface area contributed by atoms with Gasteiger partial charge in [-0.1, -0.05) is 50.2 Å². The lowest BCUT2D eigenvalue weighted by Gasteiger charge is -2.19. The van der Waals surface area contributed by atoms with E-state index in [0.29, 0.717) is 47.3 Å². The second kappa shape index (κ2) is 11.5. The number of nitrogens with one attached hydrogen (secondary N) is 2. The summed E-state index contributed by atoms with van der Waals surface area (Å²) in [6, 6.07) is 9.50. The summed E-state index contributed by atoms with van der Waals surface area (Å²) in [5.41, 5.74) is 9.16. The van der Waals surface area contributed by atoms with Crippen LogP contribution >= 0.6 is 11.6 Å². The third kappa shape index (κ3) is 6.56.